The van der Waals surface area contributed by atoms with E-state index in [0.29, 0.717) is 0 Å². The molecule has 0 bridgehead atoms. The van der Waals surface area contributed by atoms with Gasteiger partial charge in [-0.05, 0) is 48.5 Å². The molecular weight excluding hydrogens is 180 g/mol. The summed E-state index contributed by atoms with van der Waals surface area (Å²) in [6.45, 7) is 12.0. The number of carbonyl (C=O) groups is 1. The molecular formula is C11H22O3. The van der Waals surface area contributed by atoms with Crippen LogP contribution in [0.15, 0.2) is 0 Å². The van der Waals surface area contributed by atoms with Gasteiger partial charge >= 0.3 is 5.97 Å². The molecule has 0 saturated carbocycles. The second-order valence-corrected chi connectivity index (χ2v) is 5.71. The minimum Gasteiger partial charge on any atom is -0.456 e. The minimum absolute atomic E-state index is 0.301. The summed E-state index contributed by atoms with van der Waals surface area (Å²) >= 11 is 0. The smallest absolute Gasteiger partial charge is 0.311 e. The predicted molar refractivity (Wildman–Crippen MR) is 55.9 cm³/mol. The summed E-state index contributed by atoms with van der Waals surface area (Å²) in [5.74, 6) is -0.301. The Morgan fingerprint density at radius 1 is 1.00 bits per heavy atom. The van der Waals surface area contributed by atoms with Crippen molar-refractivity contribution >= 4 is 5.97 Å². The van der Waals surface area contributed by atoms with Crippen molar-refractivity contribution in [2.75, 3.05) is 0 Å². The Kier molecular flexibility index (Phi) is 3.39. The van der Waals surface area contributed by atoms with E-state index in [1.807, 2.05) is 0 Å². The molecule has 0 rings (SSSR count). The zero-order valence-electron chi connectivity index (χ0n) is 10.3. The monoisotopic (exact) mass is 202 g/mol. The van der Waals surface area contributed by atoms with Gasteiger partial charge in [0.2, 0.25) is 0 Å². The van der Waals surface area contributed by atoms with Crippen LogP contribution in [0.3, 0.4) is 0 Å². The fraction of sp³-hybridized carbons (Fsp3) is 0.909. The van der Waals surface area contributed by atoms with Gasteiger partial charge in [0, 0.05) is 0 Å². The maximum absolute atomic E-state index is 11.6. The highest BCUT2D eigenvalue weighted by molar-refractivity contribution is 5.75. The van der Waals surface area contributed by atoms with E-state index in [2.05, 4.69) is 0 Å². The molecule has 0 amide bonds. The highest BCUT2D eigenvalue weighted by Crippen LogP contribution is 2.28. The first-order valence-electron chi connectivity index (χ1n) is 4.84. The maximum Gasteiger partial charge on any atom is 0.311 e. The van der Waals surface area contributed by atoms with Crippen molar-refractivity contribution in [2.24, 2.45) is 5.41 Å². The molecule has 14 heavy (non-hydrogen) atoms. The highest BCUT2D eigenvalue weighted by Gasteiger charge is 2.40. The largest absolute Gasteiger partial charge is 0.456 e. The number of hydrogen-bond acceptors (Lipinski definition) is 3. The SMILES string of the molecule is CC(C)(C)C(=O)OC(C)(C)C(C)(C)O. The summed E-state index contributed by atoms with van der Waals surface area (Å²) in [6.07, 6.45) is 0. The van der Waals surface area contributed by atoms with Crippen LogP contribution in [0.2, 0.25) is 0 Å². The first-order chi connectivity index (χ1) is 5.88. The van der Waals surface area contributed by atoms with Crippen LogP contribution in [0, 0.1) is 5.41 Å². The summed E-state index contributed by atoms with van der Waals surface area (Å²) in [4.78, 5) is 11.6. The molecule has 0 fully saturated rings. The molecule has 0 aromatic carbocycles. The van der Waals surface area contributed by atoms with Gasteiger partial charge in [-0.25, -0.2) is 0 Å². The standard InChI is InChI=1S/C11H22O3/c1-9(2,3)8(12)14-11(6,7)10(4,5)13/h13H,1-7H3. The lowest BCUT2D eigenvalue weighted by molar-refractivity contribution is -0.189. The van der Waals surface area contributed by atoms with E-state index in [9.17, 15) is 9.90 Å². The molecule has 1 N–H and O–H groups in total. The van der Waals surface area contributed by atoms with E-state index in [-0.39, 0.29) is 5.97 Å². The summed E-state index contributed by atoms with van der Waals surface area (Å²) in [6, 6.07) is 0. The van der Waals surface area contributed by atoms with E-state index in [4.69, 9.17) is 4.74 Å². The van der Waals surface area contributed by atoms with Crippen molar-refractivity contribution in [3.8, 4) is 0 Å². The van der Waals surface area contributed by atoms with Crippen molar-refractivity contribution < 1.29 is 14.6 Å². The zero-order valence-corrected chi connectivity index (χ0v) is 10.3. The molecule has 3 heteroatoms. The number of hydrogen-bond donors (Lipinski definition) is 1. The van der Waals surface area contributed by atoms with Crippen molar-refractivity contribution in [3.63, 3.8) is 0 Å². The predicted octanol–water partition coefficient (Wildman–Crippen LogP) is 2.13. The van der Waals surface area contributed by atoms with Crippen molar-refractivity contribution in [1.29, 1.82) is 0 Å². The van der Waals surface area contributed by atoms with Crippen molar-refractivity contribution in [2.45, 2.75) is 59.7 Å². The number of esters is 1. The molecule has 0 heterocycles. The highest BCUT2D eigenvalue weighted by atomic mass is 16.6. The fourth-order valence-electron chi connectivity index (χ4n) is 0.510. The quantitative estimate of drug-likeness (QED) is 0.698. The summed E-state index contributed by atoms with van der Waals surface area (Å²) in [5.41, 5.74) is -2.46. The van der Waals surface area contributed by atoms with Crippen molar-refractivity contribution in [3.05, 3.63) is 0 Å². The second-order valence-electron chi connectivity index (χ2n) is 5.71. The normalized spacial score (nSPS) is 14.0. The molecule has 0 aromatic heterocycles. The Hall–Kier alpha value is -0.570. The third-order valence-corrected chi connectivity index (χ3v) is 2.43. The van der Waals surface area contributed by atoms with E-state index in [1.165, 1.54) is 0 Å². The zero-order chi connectivity index (χ0) is 11.8. The summed E-state index contributed by atoms with van der Waals surface area (Å²) in [5, 5.41) is 9.78. The molecule has 0 aliphatic carbocycles. The molecule has 3 nitrogen and oxygen atoms in total. The van der Waals surface area contributed by atoms with E-state index in [0.717, 1.165) is 0 Å². The first-order valence-corrected chi connectivity index (χ1v) is 4.84. The Labute approximate surface area is 86.5 Å². The maximum atomic E-state index is 11.6. The summed E-state index contributed by atoms with van der Waals surface area (Å²) in [7, 11) is 0. The van der Waals surface area contributed by atoms with Crippen LogP contribution in [0.25, 0.3) is 0 Å². The molecule has 0 aromatic rings. The molecule has 0 saturated heterocycles. The third kappa shape index (κ3) is 3.29. The van der Waals surface area contributed by atoms with Gasteiger partial charge in [0.05, 0.1) is 11.0 Å². The van der Waals surface area contributed by atoms with Crippen LogP contribution in [0.4, 0.5) is 0 Å². The minimum atomic E-state index is -1.05. The number of carbonyl (C=O) groups excluding carboxylic acids is 1. The number of ether oxygens (including phenoxy) is 1. The van der Waals surface area contributed by atoms with E-state index < -0.39 is 16.6 Å². The van der Waals surface area contributed by atoms with E-state index >= 15 is 0 Å². The molecule has 0 spiro atoms. The molecule has 0 atom stereocenters. The Balaban J connectivity index is 4.62. The van der Waals surface area contributed by atoms with Gasteiger partial charge in [0.15, 0.2) is 0 Å². The Morgan fingerprint density at radius 3 is 1.57 bits per heavy atom. The van der Waals surface area contributed by atoms with Crippen LogP contribution in [0.1, 0.15) is 48.5 Å². The van der Waals surface area contributed by atoms with Gasteiger partial charge < -0.3 is 9.84 Å². The molecule has 0 aliphatic heterocycles. The lowest BCUT2D eigenvalue weighted by Crippen LogP contribution is -2.50. The fourth-order valence-corrected chi connectivity index (χ4v) is 0.510. The lowest BCUT2D eigenvalue weighted by Gasteiger charge is -2.38. The summed E-state index contributed by atoms with van der Waals surface area (Å²) < 4.78 is 5.28. The average molecular weight is 202 g/mol. The first kappa shape index (κ1) is 13.4. The third-order valence-electron chi connectivity index (χ3n) is 2.43. The Morgan fingerprint density at radius 2 is 1.36 bits per heavy atom. The molecule has 0 unspecified atom stereocenters. The van der Waals surface area contributed by atoms with Crippen LogP contribution in [-0.4, -0.2) is 22.3 Å². The van der Waals surface area contributed by atoms with Crippen LogP contribution >= 0.6 is 0 Å². The Bertz CT molecular complexity index is 216. The number of rotatable bonds is 2. The average Bonchev–Trinajstić information content (AvgIpc) is 1.80. The second kappa shape index (κ2) is 3.54. The van der Waals surface area contributed by atoms with Gasteiger partial charge in [-0.2, -0.15) is 0 Å². The molecule has 0 aliphatic rings. The number of aliphatic hydroxyl groups is 1. The molecule has 0 radical (unpaired) electrons. The van der Waals surface area contributed by atoms with E-state index in [1.54, 1.807) is 48.5 Å². The van der Waals surface area contributed by atoms with Gasteiger partial charge in [-0.15, -0.1) is 0 Å². The van der Waals surface area contributed by atoms with Crippen LogP contribution in [0.5, 0.6) is 0 Å². The van der Waals surface area contributed by atoms with Crippen LogP contribution in [-0.2, 0) is 9.53 Å². The molecule has 84 valence electrons. The topological polar surface area (TPSA) is 46.5 Å². The van der Waals surface area contributed by atoms with Gasteiger partial charge in [-0.1, -0.05) is 0 Å². The van der Waals surface area contributed by atoms with Crippen LogP contribution < -0.4 is 0 Å². The van der Waals surface area contributed by atoms with Gasteiger partial charge in [-0.3, -0.25) is 4.79 Å². The van der Waals surface area contributed by atoms with Gasteiger partial charge in [0.1, 0.15) is 5.60 Å². The van der Waals surface area contributed by atoms with Crippen molar-refractivity contribution in [1.82, 2.24) is 0 Å². The lowest BCUT2D eigenvalue weighted by atomic mass is 9.88. The van der Waals surface area contributed by atoms with Gasteiger partial charge in [0.25, 0.3) is 0 Å².